The van der Waals surface area contributed by atoms with Crippen LogP contribution in [0.5, 0.6) is 0 Å². The number of rotatable bonds is 7. The first kappa shape index (κ1) is 21.0. The third kappa shape index (κ3) is 5.09. The molecule has 3 nitrogen and oxygen atoms in total. The summed E-state index contributed by atoms with van der Waals surface area (Å²) in [6.07, 6.45) is 0.413. The number of thiazole rings is 1. The highest BCUT2D eigenvalue weighted by Gasteiger charge is 2.19. The van der Waals surface area contributed by atoms with Gasteiger partial charge in [0, 0.05) is 22.8 Å². The summed E-state index contributed by atoms with van der Waals surface area (Å²) in [7, 11) is 0. The van der Waals surface area contributed by atoms with Crippen molar-refractivity contribution in [1.29, 1.82) is 0 Å². The van der Waals surface area contributed by atoms with E-state index in [2.05, 4.69) is 48.6 Å². The summed E-state index contributed by atoms with van der Waals surface area (Å²) in [5.74, 6) is 0.0791. The van der Waals surface area contributed by atoms with Gasteiger partial charge in [-0.25, -0.2) is 4.98 Å². The largest absolute Gasteiger partial charge is 0.351 e. The fourth-order valence-corrected chi connectivity index (χ4v) is 4.85. The topological polar surface area (TPSA) is 42.0 Å². The molecule has 31 heavy (non-hydrogen) atoms. The normalized spacial score (nSPS) is 10.9. The molecule has 4 heteroatoms. The highest BCUT2D eigenvalue weighted by Crippen LogP contribution is 2.31. The van der Waals surface area contributed by atoms with E-state index in [0.29, 0.717) is 13.0 Å². The van der Waals surface area contributed by atoms with Crippen LogP contribution in [0.25, 0.3) is 10.6 Å². The number of amides is 1. The Hall–Kier alpha value is -3.24. The first-order valence-corrected chi connectivity index (χ1v) is 11.3. The van der Waals surface area contributed by atoms with Gasteiger partial charge in [-0.2, -0.15) is 0 Å². The minimum Gasteiger partial charge on any atom is -0.351 e. The number of hydrogen-bond donors (Lipinski definition) is 1. The number of carbonyl (C=O) groups is 1. The SMILES string of the molecule is Cc1ccccc1-c1nc(C)c(CNC(=O)CC(c2ccccc2)c2ccccc2)s1. The summed E-state index contributed by atoms with van der Waals surface area (Å²) in [4.78, 5) is 18.7. The Bertz CT molecular complexity index is 1110. The Morgan fingerprint density at radius 1 is 0.871 bits per heavy atom. The molecule has 0 atom stereocenters. The molecule has 0 saturated heterocycles. The van der Waals surface area contributed by atoms with Gasteiger partial charge in [0.25, 0.3) is 0 Å². The van der Waals surface area contributed by atoms with Gasteiger partial charge in [-0.3, -0.25) is 4.79 Å². The van der Waals surface area contributed by atoms with Crippen LogP contribution in [-0.2, 0) is 11.3 Å². The average molecular weight is 427 g/mol. The number of hydrogen-bond acceptors (Lipinski definition) is 3. The Balaban J connectivity index is 1.46. The van der Waals surface area contributed by atoms with E-state index in [9.17, 15) is 4.79 Å². The van der Waals surface area contributed by atoms with E-state index in [4.69, 9.17) is 4.98 Å². The summed E-state index contributed by atoms with van der Waals surface area (Å²) in [6.45, 7) is 4.61. The van der Waals surface area contributed by atoms with E-state index >= 15 is 0 Å². The van der Waals surface area contributed by atoms with Gasteiger partial charge in [-0.05, 0) is 30.5 Å². The van der Waals surface area contributed by atoms with E-state index in [0.717, 1.165) is 32.3 Å². The lowest BCUT2D eigenvalue weighted by molar-refractivity contribution is -0.121. The van der Waals surface area contributed by atoms with Gasteiger partial charge in [-0.1, -0.05) is 84.9 Å². The van der Waals surface area contributed by atoms with Gasteiger partial charge < -0.3 is 5.32 Å². The lowest BCUT2D eigenvalue weighted by atomic mass is 9.88. The zero-order chi connectivity index (χ0) is 21.6. The quantitative estimate of drug-likeness (QED) is 0.379. The number of aryl methyl sites for hydroxylation is 2. The second-order valence-corrected chi connectivity index (χ2v) is 8.78. The van der Waals surface area contributed by atoms with Crippen LogP contribution < -0.4 is 5.32 Å². The Morgan fingerprint density at radius 3 is 2.06 bits per heavy atom. The number of benzene rings is 3. The molecule has 1 N–H and O–H groups in total. The van der Waals surface area contributed by atoms with Crippen LogP contribution in [0, 0.1) is 13.8 Å². The average Bonchev–Trinajstić information content (AvgIpc) is 3.17. The molecule has 0 bridgehead atoms. The van der Waals surface area contributed by atoms with E-state index in [-0.39, 0.29) is 11.8 Å². The molecule has 4 aromatic rings. The van der Waals surface area contributed by atoms with Crippen LogP contribution in [0.15, 0.2) is 84.9 Å². The van der Waals surface area contributed by atoms with Gasteiger partial charge in [0.05, 0.1) is 12.2 Å². The van der Waals surface area contributed by atoms with Crippen molar-refractivity contribution >= 4 is 17.2 Å². The first-order valence-electron chi connectivity index (χ1n) is 10.5. The summed E-state index contributed by atoms with van der Waals surface area (Å²) in [5.41, 5.74) is 5.65. The Kier molecular flexibility index (Phi) is 6.58. The van der Waals surface area contributed by atoms with Gasteiger partial charge in [-0.15, -0.1) is 11.3 Å². The van der Waals surface area contributed by atoms with Crippen molar-refractivity contribution in [2.75, 3.05) is 0 Å². The number of nitrogens with one attached hydrogen (secondary N) is 1. The molecular weight excluding hydrogens is 400 g/mol. The fourth-order valence-electron chi connectivity index (χ4n) is 3.76. The maximum Gasteiger partial charge on any atom is 0.221 e. The molecule has 4 rings (SSSR count). The minimum absolute atomic E-state index is 0.0347. The molecule has 0 spiro atoms. The molecule has 1 heterocycles. The maximum atomic E-state index is 12.9. The van der Waals surface area contributed by atoms with Crippen molar-refractivity contribution in [2.45, 2.75) is 32.7 Å². The second kappa shape index (κ2) is 9.71. The van der Waals surface area contributed by atoms with Crippen molar-refractivity contribution in [2.24, 2.45) is 0 Å². The number of nitrogens with zero attached hydrogens (tertiary/aromatic N) is 1. The molecule has 0 fully saturated rings. The molecule has 0 aliphatic carbocycles. The predicted octanol–water partition coefficient (Wildman–Crippen LogP) is 6.27. The van der Waals surface area contributed by atoms with E-state index in [1.165, 1.54) is 5.56 Å². The third-order valence-corrected chi connectivity index (χ3v) is 6.70. The smallest absolute Gasteiger partial charge is 0.221 e. The summed E-state index contributed by atoms with van der Waals surface area (Å²) < 4.78 is 0. The second-order valence-electron chi connectivity index (χ2n) is 7.70. The zero-order valence-electron chi connectivity index (χ0n) is 17.8. The maximum absolute atomic E-state index is 12.9. The van der Waals surface area contributed by atoms with Crippen LogP contribution in [-0.4, -0.2) is 10.9 Å². The van der Waals surface area contributed by atoms with Crippen LogP contribution >= 0.6 is 11.3 Å². The van der Waals surface area contributed by atoms with Gasteiger partial charge in [0.2, 0.25) is 5.91 Å². The lowest BCUT2D eigenvalue weighted by Gasteiger charge is -2.18. The third-order valence-electron chi connectivity index (χ3n) is 5.51. The summed E-state index contributed by atoms with van der Waals surface area (Å²) >= 11 is 1.65. The Morgan fingerprint density at radius 2 is 1.45 bits per heavy atom. The van der Waals surface area contributed by atoms with E-state index < -0.39 is 0 Å². The Labute approximate surface area is 187 Å². The van der Waals surface area contributed by atoms with Crippen molar-refractivity contribution < 1.29 is 4.79 Å². The van der Waals surface area contributed by atoms with E-state index in [1.54, 1.807) is 11.3 Å². The molecular formula is C27H26N2OS. The van der Waals surface area contributed by atoms with Crippen LogP contribution in [0.1, 0.15) is 39.6 Å². The molecule has 0 saturated carbocycles. The highest BCUT2D eigenvalue weighted by atomic mass is 32.1. The zero-order valence-corrected chi connectivity index (χ0v) is 18.7. The summed E-state index contributed by atoms with van der Waals surface area (Å²) in [6, 6.07) is 28.7. The van der Waals surface area contributed by atoms with Crippen LogP contribution in [0.4, 0.5) is 0 Å². The lowest BCUT2D eigenvalue weighted by Crippen LogP contribution is -2.24. The molecule has 0 aliphatic rings. The monoisotopic (exact) mass is 426 g/mol. The van der Waals surface area contributed by atoms with Crippen LogP contribution in [0.3, 0.4) is 0 Å². The van der Waals surface area contributed by atoms with E-state index in [1.807, 2.05) is 55.5 Å². The number of aromatic nitrogens is 1. The fraction of sp³-hybridized carbons (Fsp3) is 0.185. The molecule has 1 amide bonds. The van der Waals surface area contributed by atoms with Crippen molar-refractivity contribution in [3.8, 4) is 10.6 Å². The molecule has 0 radical (unpaired) electrons. The highest BCUT2D eigenvalue weighted by molar-refractivity contribution is 7.15. The van der Waals surface area contributed by atoms with Crippen LogP contribution in [0.2, 0.25) is 0 Å². The van der Waals surface area contributed by atoms with Crippen molar-refractivity contribution in [1.82, 2.24) is 10.3 Å². The van der Waals surface area contributed by atoms with Gasteiger partial charge >= 0.3 is 0 Å². The van der Waals surface area contributed by atoms with Gasteiger partial charge in [0.1, 0.15) is 5.01 Å². The first-order chi connectivity index (χ1) is 15.1. The molecule has 0 unspecified atom stereocenters. The predicted molar refractivity (Wildman–Crippen MR) is 128 cm³/mol. The van der Waals surface area contributed by atoms with Crippen molar-refractivity contribution in [3.63, 3.8) is 0 Å². The molecule has 1 aromatic heterocycles. The summed E-state index contributed by atoms with van der Waals surface area (Å²) in [5, 5.41) is 4.13. The molecule has 156 valence electrons. The minimum atomic E-state index is 0.0347. The number of carbonyl (C=O) groups excluding carboxylic acids is 1. The van der Waals surface area contributed by atoms with Gasteiger partial charge in [0.15, 0.2) is 0 Å². The van der Waals surface area contributed by atoms with Crippen molar-refractivity contribution in [3.05, 3.63) is 112 Å². The molecule has 0 aliphatic heterocycles. The molecule has 3 aromatic carbocycles. The standard InChI is InChI=1S/C27H26N2OS/c1-19-11-9-10-16-23(19)27-29-20(2)25(31-27)18-28-26(30)17-24(21-12-5-3-6-13-21)22-14-7-4-8-15-22/h3-16,24H,17-18H2,1-2H3,(H,28,30).